The van der Waals surface area contributed by atoms with Crippen LogP contribution in [0, 0.1) is 0 Å². The molecule has 0 heteroatoms. The monoisotopic (exact) mass is 324 g/mol. The molecule has 1 aromatic carbocycles. The van der Waals surface area contributed by atoms with Gasteiger partial charge in [0, 0.05) is 5.41 Å². The highest BCUT2D eigenvalue weighted by atomic mass is 14.3. The van der Waals surface area contributed by atoms with Crippen LogP contribution in [0.2, 0.25) is 0 Å². The van der Waals surface area contributed by atoms with Crippen molar-refractivity contribution in [1.82, 2.24) is 0 Å². The molecular weight excluding hydrogens is 288 g/mol. The summed E-state index contributed by atoms with van der Waals surface area (Å²) >= 11 is 0. The van der Waals surface area contributed by atoms with Gasteiger partial charge >= 0.3 is 0 Å². The highest BCUT2D eigenvalue weighted by molar-refractivity contribution is 5.53. The molecule has 0 radical (unpaired) electrons. The van der Waals surface area contributed by atoms with Crippen LogP contribution in [0.15, 0.2) is 90.1 Å². The second-order valence-electron chi connectivity index (χ2n) is 5.61. The van der Waals surface area contributed by atoms with Crippen molar-refractivity contribution < 1.29 is 0 Å². The minimum absolute atomic E-state index is 0. The van der Waals surface area contributed by atoms with E-state index >= 15 is 0 Å². The molecule has 0 fully saturated rings. The van der Waals surface area contributed by atoms with E-state index in [9.17, 15) is 0 Å². The molecular formula is C24H36. The first kappa shape index (κ1) is 24.2. The summed E-state index contributed by atoms with van der Waals surface area (Å²) in [6.07, 6.45) is 20.3. The molecule has 0 nitrogen and oxygen atoms in total. The first-order chi connectivity index (χ1) is 9.78. The van der Waals surface area contributed by atoms with Crippen molar-refractivity contribution in [1.29, 1.82) is 0 Å². The molecule has 3 rings (SSSR count). The predicted molar refractivity (Wildman–Crippen MR) is 114 cm³/mol. The summed E-state index contributed by atoms with van der Waals surface area (Å²) in [5.41, 5.74) is 3.94. The van der Waals surface area contributed by atoms with E-state index in [1.165, 1.54) is 16.7 Å². The lowest BCUT2D eigenvalue weighted by Gasteiger charge is -2.24. The molecule has 0 amide bonds. The molecule has 0 bridgehead atoms. The van der Waals surface area contributed by atoms with Crippen LogP contribution in [0.4, 0.5) is 0 Å². The van der Waals surface area contributed by atoms with Crippen molar-refractivity contribution in [3.8, 4) is 0 Å². The molecule has 0 saturated carbocycles. The summed E-state index contributed by atoms with van der Waals surface area (Å²) in [7, 11) is 0. The molecule has 132 valence electrons. The second-order valence-corrected chi connectivity index (χ2v) is 5.61. The lowest BCUT2D eigenvalue weighted by molar-refractivity contribution is 0.755. The highest BCUT2D eigenvalue weighted by Gasteiger charge is 2.22. The van der Waals surface area contributed by atoms with Gasteiger partial charge in [-0.15, -0.1) is 0 Å². The zero-order valence-corrected chi connectivity index (χ0v) is 11.9. The normalized spacial score (nSPS) is 20.9. The van der Waals surface area contributed by atoms with Crippen molar-refractivity contribution >= 4 is 0 Å². The quantitative estimate of drug-likeness (QED) is 0.520. The van der Waals surface area contributed by atoms with Gasteiger partial charge in [0.15, 0.2) is 0 Å². The van der Waals surface area contributed by atoms with Crippen LogP contribution in [0.1, 0.15) is 55.0 Å². The Balaban J connectivity index is 0. The Morgan fingerprint density at radius 3 is 2.12 bits per heavy atom. The fourth-order valence-electron chi connectivity index (χ4n) is 2.82. The van der Waals surface area contributed by atoms with Crippen LogP contribution in [0.3, 0.4) is 0 Å². The summed E-state index contributed by atoms with van der Waals surface area (Å²) in [5.74, 6) is 0. The summed E-state index contributed by atoms with van der Waals surface area (Å²) in [4.78, 5) is 0. The van der Waals surface area contributed by atoms with Crippen LogP contribution in [0.25, 0.3) is 0 Å². The van der Waals surface area contributed by atoms with Gasteiger partial charge < -0.3 is 0 Å². The number of rotatable bonds is 2. The average molecular weight is 325 g/mol. The molecule has 0 heterocycles. The molecule has 0 saturated heterocycles. The van der Waals surface area contributed by atoms with Crippen molar-refractivity contribution in [3.05, 3.63) is 95.6 Å². The molecule has 2 aliphatic rings. The van der Waals surface area contributed by atoms with Gasteiger partial charge in [0.25, 0.3) is 0 Å². The van der Waals surface area contributed by atoms with Gasteiger partial charge in [-0.1, -0.05) is 109 Å². The predicted octanol–water partition coefficient (Wildman–Crippen LogP) is 7.82. The Morgan fingerprint density at radius 1 is 0.792 bits per heavy atom. The molecule has 1 atom stereocenters. The maximum absolute atomic E-state index is 2.38. The fraction of sp³-hybridized carbons (Fsp3) is 0.333. The van der Waals surface area contributed by atoms with E-state index < -0.39 is 0 Å². The number of hydrogen-bond donors (Lipinski definition) is 0. The Bertz CT molecular complexity index is 623. The summed E-state index contributed by atoms with van der Waals surface area (Å²) in [5, 5.41) is 0. The smallest absolute Gasteiger partial charge is 0.0295 e. The molecule has 0 N–H and O–H groups in total. The first-order valence-corrected chi connectivity index (χ1v) is 7.29. The van der Waals surface area contributed by atoms with Crippen LogP contribution >= 0.6 is 0 Å². The van der Waals surface area contributed by atoms with E-state index in [1.807, 2.05) is 0 Å². The SMILES string of the molecule is C.C.C.C.CC1(c2ccccc2)C=CC=CC(C2=CCCC=C2)=C1. The second kappa shape index (κ2) is 10.6. The van der Waals surface area contributed by atoms with Gasteiger partial charge in [0.2, 0.25) is 0 Å². The van der Waals surface area contributed by atoms with Crippen molar-refractivity contribution in [3.63, 3.8) is 0 Å². The molecule has 24 heavy (non-hydrogen) atoms. The average Bonchev–Trinajstić information content (AvgIpc) is 2.72. The Kier molecular flexibility index (Phi) is 10.7. The third kappa shape index (κ3) is 5.23. The molecule has 1 aromatic rings. The molecule has 0 aliphatic heterocycles. The fourth-order valence-corrected chi connectivity index (χ4v) is 2.82. The van der Waals surface area contributed by atoms with Crippen molar-refractivity contribution in [2.45, 2.75) is 54.9 Å². The lowest BCUT2D eigenvalue weighted by Crippen LogP contribution is -2.16. The van der Waals surface area contributed by atoms with Gasteiger partial charge in [0.1, 0.15) is 0 Å². The van der Waals surface area contributed by atoms with Gasteiger partial charge in [0.05, 0.1) is 0 Å². The number of benzene rings is 1. The summed E-state index contributed by atoms with van der Waals surface area (Å²) < 4.78 is 0. The van der Waals surface area contributed by atoms with E-state index in [2.05, 4.69) is 85.9 Å². The van der Waals surface area contributed by atoms with Crippen molar-refractivity contribution in [2.75, 3.05) is 0 Å². The topological polar surface area (TPSA) is 0 Å². The standard InChI is InChI=1S/C20H20.4CH4/c1-20(19-13-6-3-7-14-19)15-9-8-12-18(16-20)17-10-4-2-5-11-17;;;;/h3-4,6-16H,2,5H2,1H3;4*1H4. The maximum Gasteiger partial charge on any atom is 0.0295 e. The van der Waals surface area contributed by atoms with E-state index in [-0.39, 0.29) is 35.1 Å². The molecule has 0 spiro atoms. The van der Waals surface area contributed by atoms with Gasteiger partial charge in [-0.3, -0.25) is 0 Å². The van der Waals surface area contributed by atoms with Gasteiger partial charge in [-0.2, -0.15) is 0 Å². The van der Waals surface area contributed by atoms with Crippen LogP contribution in [-0.4, -0.2) is 0 Å². The van der Waals surface area contributed by atoms with Crippen LogP contribution in [0.5, 0.6) is 0 Å². The van der Waals surface area contributed by atoms with Crippen molar-refractivity contribution in [2.24, 2.45) is 0 Å². The summed E-state index contributed by atoms with van der Waals surface area (Å²) in [6.45, 7) is 2.28. The van der Waals surface area contributed by atoms with Gasteiger partial charge in [-0.25, -0.2) is 0 Å². The van der Waals surface area contributed by atoms with E-state index in [0.717, 1.165) is 12.8 Å². The van der Waals surface area contributed by atoms with Crippen LogP contribution in [-0.2, 0) is 5.41 Å². The van der Waals surface area contributed by atoms with E-state index in [4.69, 9.17) is 0 Å². The minimum Gasteiger partial charge on any atom is -0.0836 e. The Hall–Kier alpha value is -2.08. The number of allylic oxidation sites excluding steroid dienone is 10. The zero-order chi connectivity index (χ0) is 13.8. The lowest BCUT2D eigenvalue weighted by atomic mass is 9.80. The van der Waals surface area contributed by atoms with Gasteiger partial charge in [-0.05, 0) is 36.5 Å². The zero-order valence-electron chi connectivity index (χ0n) is 11.9. The maximum atomic E-state index is 2.38. The largest absolute Gasteiger partial charge is 0.0836 e. The third-order valence-electron chi connectivity index (χ3n) is 4.01. The molecule has 1 unspecified atom stereocenters. The molecule has 2 aliphatic carbocycles. The van der Waals surface area contributed by atoms with Crippen LogP contribution < -0.4 is 0 Å². The summed E-state index contributed by atoms with van der Waals surface area (Å²) in [6, 6.07) is 10.7. The third-order valence-corrected chi connectivity index (χ3v) is 4.01. The van der Waals surface area contributed by atoms with E-state index in [1.54, 1.807) is 0 Å². The number of hydrogen-bond acceptors (Lipinski definition) is 0. The molecule has 0 aromatic heterocycles. The minimum atomic E-state index is -0.0494. The van der Waals surface area contributed by atoms with E-state index in [0.29, 0.717) is 0 Å². The Labute approximate surface area is 151 Å². The highest BCUT2D eigenvalue weighted by Crippen LogP contribution is 2.33. The first-order valence-electron chi connectivity index (χ1n) is 7.29. The Morgan fingerprint density at radius 2 is 1.50 bits per heavy atom.